The second kappa shape index (κ2) is 5.49. The van der Waals surface area contributed by atoms with Gasteiger partial charge in [-0.25, -0.2) is 0 Å². The molecule has 2 N–H and O–H groups in total. The molecule has 6 heteroatoms. The number of ether oxygens (including phenoxy) is 1. The first-order valence-electron chi connectivity index (χ1n) is 5.30. The number of aromatic nitrogens is 2. The molecule has 1 unspecified atom stereocenters. The maximum Gasteiger partial charge on any atom is 0.307 e. The maximum absolute atomic E-state index is 11.9. The van der Waals surface area contributed by atoms with Crippen molar-refractivity contribution in [2.75, 3.05) is 0 Å². The third-order valence-electron chi connectivity index (χ3n) is 2.04. The van der Waals surface area contributed by atoms with Gasteiger partial charge in [0.1, 0.15) is 5.69 Å². The molecule has 0 aromatic carbocycles. The number of carbonyl (C=O) groups is 2. The third kappa shape index (κ3) is 3.60. The Balaban J connectivity index is 2.77. The maximum atomic E-state index is 11.9. The van der Waals surface area contributed by atoms with Crippen molar-refractivity contribution in [2.45, 2.75) is 32.4 Å². The first kappa shape index (κ1) is 13.2. The van der Waals surface area contributed by atoms with E-state index in [0.717, 1.165) is 0 Å². The van der Waals surface area contributed by atoms with Crippen LogP contribution >= 0.6 is 0 Å². The summed E-state index contributed by atoms with van der Waals surface area (Å²) in [6, 6.07) is 3.03. The highest BCUT2D eigenvalue weighted by molar-refractivity contribution is 6.01. The van der Waals surface area contributed by atoms with E-state index in [1.165, 1.54) is 19.2 Å². The molecule has 17 heavy (non-hydrogen) atoms. The lowest BCUT2D eigenvalue weighted by molar-refractivity contribution is -0.153. The van der Waals surface area contributed by atoms with Crippen molar-refractivity contribution in [3.63, 3.8) is 0 Å². The summed E-state index contributed by atoms with van der Waals surface area (Å²) < 4.78 is 4.92. The van der Waals surface area contributed by atoms with Crippen LogP contribution < -0.4 is 5.73 Å². The summed E-state index contributed by atoms with van der Waals surface area (Å²) in [6.45, 7) is 3.16. The van der Waals surface area contributed by atoms with Crippen LogP contribution in [-0.2, 0) is 9.53 Å². The molecule has 1 aromatic heterocycles. The number of esters is 1. The standard InChI is InChI=1S/C11H15N3O3/c1-3-5-9(15)17-11(2,12)10(16)8-6-4-7-13-14-8/h4,6-7H,3,5,12H2,1-2H3. The SMILES string of the molecule is CCCC(=O)OC(C)(N)C(=O)c1cccnn1. The minimum absolute atomic E-state index is 0.0711. The zero-order chi connectivity index (χ0) is 12.9. The van der Waals surface area contributed by atoms with Gasteiger partial charge in [-0.15, -0.1) is 5.10 Å². The first-order chi connectivity index (χ1) is 7.97. The molecule has 0 amide bonds. The van der Waals surface area contributed by atoms with Crippen molar-refractivity contribution in [3.8, 4) is 0 Å². The Bertz CT molecular complexity index is 404. The molecule has 0 saturated heterocycles. The minimum Gasteiger partial charge on any atom is -0.436 e. The highest BCUT2D eigenvalue weighted by atomic mass is 16.6. The topological polar surface area (TPSA) is 95.2 Å². The predicted molar refractivity (Wildman–Crippen MR) is 60.0 cm³/mol. The van der Waals surface area contributed by atoms with Gasteiger partial charge in [-0.2, -0.15) is 5.10 Å². The van der Waals surface area contributed by atoms with Crippen molar-refractivity contribution in [1.82, 2.24) is 10.2 Å². The zero-order valence-electron chi connectivity index (χ0n) is 9.84. The summed E-state index contributed by atoms with van der Waals surface area (Å²) >= 11 is 0. The van der Waals surface area contributed by atoms with Gasteiger partial charge < -0.3 is 4.74 Å². The fraction of sp³-hybridized carbons (Fsp3) is 0.455. The van der Waals surface area contributed by atoms with Gasteiger partial charge in [0.15, 0.2) is 0 Å². The average molecular weight is 237 g/mol. The highest BCUT2D eigenvalue weighted by Gasteiger charge is 2.34. The summed E-state index contributed by atoms with van der Waals surface area (Å²) in [7, 11) is 0. The van der Waals surface area contributed by atoms with Gasteiger partial charge in [0.05, 0.1) is 0 Å². The number of nitrogens with two attached hydrogens (primary N) is 1. The molecule has 1 rings (SSSR count). The molecule has 0 aliphatic carbocycles. The Morgan fingerprint density at radius 3 is 2.76 bits per heavy atom. The van der Waals surface area contributed by atoms with Crippen LogP contribution in [0.25, 0.3) is 0 Å². The smallest absolute Gasteiger partial charge is 0.307 e. The van der Waals surface area contributed by atoms with E-state index in [1.807, 2.05) is 6.92 Å². The summed E-state index contributed by atoms with van der Waals surface area (Å²) in [6.07, 6.45) is 2.29. The quantitative estimate of drug-likeness (QED) is 0.459. The molecular formula is C11H15N3O3. The summed E-state index contributed by atoms with van der Waals surface area (Å²) in [5.41, 5.74) is 4.03. The average Bonchev–Trinajstić information content (AvgIpc) is 2.28. The summed E-state index contributed by atoms with van der Waals surface area (Å²) in [4.78, 5) is 23.2. The monoisotopic (exact) mass is 237 g/mol. The number of ketones is 1. The molecule has 0 saturated carbocycles. The third-order valence-corrected chi connectivity index (χ3v) is 2.04. The molecule has 6 nitrogen and oxygen atoms in total. The van der Waals surface area contributed by atoms with Gasteiger partial charge in [-0.1, -0.05) is 6.92 Å². The van der Waals surface area contributed by atoms with Crippen molar-refractivity contribution in [1.29, 1.82) is 0 Å². The van der Waals surface area contributed by atoms with Crippen LogP contribution in [0.5, 0.6) is 0 Å². The van der Waals surface area contributed by atoms with E-state index in [1.54, 1.807) is 6.07 Å². The lowest BCUT2D eigenvalue weighted by Gasteiger charge is -2.22. The van der Waals surface area contributed by atoms with E-state index in [9.17, 15) is 9.59 Å². The van der Waals surface area contributed by atoms with Crippen LogP contribution in [0.4, 0.5) is 0 Å². The molecule has 0 bridgehead atoms. The lowest BCUT2D eigenvalue weighted by Crippen LogP contribution is -2.49. The van der Waals surface area contributed by atoms with E-state index in [0.29, 0.717) is 6.42 Å². The number of rotatable bonds is 5. The van der Waals surface area contributed by atoms with Crippen molar-refractivity contribution in [2.24, 2.45) is 5.73 Å². The molecule has 1 atom stereocenters. The van der Waals surface area contributed by atoms with Gasteiger partial charge in [0, 0.05) is 12.6 Å². The van der Waals surface area contributed by atoms with Gasteiger partial charge in [0.2, 0.25) is 11.5 Å². The van der Waals surface area contributed by atoms with Crippen LogP contribution in [0.1, 0.15) is 37.2 Å². The summed E-state index contributed by atoms with van der Waals surface area (Å²) in [5.74, 6) is -1.08. The van der Waals surface area contributed by atoms with Crippen LogP contribution in [0.2, 0.25) is 0 Å². The van der Waals surface area contributed by atoms with E-state index in [2.05, 4.69) is 10.2 Å². The number of hydrogen-bond donors (Lipinski definition) is 1. The Hall–Kier alpha value is -1.82. The molecule has 0 aliphatic heterocycles. The van der Waals surface area contributed by atoms with Gasteiger partial charge >= 0.3 is 5.97 Å². The number of Topliss-reactive ketones (excluding diaryl/α,β-unsaturated/α-hetero) is 1. The molecule has 0 spiro atoms. The Labute approximate surface area is 99.2 Å². The van der Waals surface area contributed by atoms with E-state index in [4.69, 9.17) is 10.5 Å². The van der Waals surface area contributed by atoms with Crippen molar-refractivity contribution in [3.05, 3.63) is 24.0 Å². The van der Waals surface area contributed by atoms with Crippen LogP contribution in [-0.4, -0.2) is 27.7 Å². The molecule has 0 radical (unpaired) electrons. The number of nitrogens with zero attached hydrogens (tertiary/aromatic N) is 2. The fourth-order valence-electron chi connectivity index (χ4n) is 1.21. The zero-order valence-corrected chi connectivity index (χ0v) is 9.84. The second-order valence-corrected chi connectivity index (χ2v) is 3.77. The highest BCUT2D eigenvalue weighted by Crippen LogP contribution is 2.11. The normalized spacial score (nSPS) is 13.8. The van der Waals surface area contributed by atoms with Crippen LogP contribution in [0.3, 0.4) is 0 Å². The second-order valence-electron chi connectivity index (χ2n) is 3.77. The van der Waals surface area contributed by atoms with E-state index >= 15 is 0 Å². The van der Waals surface area contributed by atoms with Gasteiger partial charge in [-0.3, -0.25) is 15.3 Å². The molecular weight excluding hydrogens is 222 g/mol. The molecule has 1 heterocycles. The Kier molecular flexibility index (Phi) is 4.28. The van der Waals surface area contributed by atoms with E-state index in [-0.39, 0.29) is 12.1 Å². The Morgan fingerprint density at radius 2 is 2.24 bits per heavy atom. The lowest BCUT2D eigenvalue weighted by atomic mass is 10.1. The van der Waals surface area contributed by atoms with E-state index < -0.39 is 17.5 Å². The minimum atomic E-state index is -1.71. The molecule has 92 valence electrons. The van der Waals surface area contributed by atoms with Crippen LogP contribution in [0.15, 0.2) is 18.3 Å². The molecule has 0 fully saturated rings. The summed E-state index contributed by atoms with van der Waals surface area (Å²) in [5, 5.41) is 7.20. The number of hydrogen-bond acceptors (Lipinski definition) is 6. The molecule has 1 aromatic rings. The van der Waals surface area contributed by atoms with Gasteiger partial charge in [-0.05, 0) is 25.5 Å². The predicted octanol–water partition coefficient (Wildman–Crippen LogP) is 0.678. The van der Waals surface area contributed by atoms with Crippen LogP contribution in [0, 0.1) is 0 Å². The molecule has 0 aliphatic rings. The Morgan fingerprint density at radius 1 is 1.53 bits per heavy atom. The largest absolute Gasteiger partial charge is 0.436 e. The van der Waals surface area contributed by atoms with Crippen molar-refractivity contribution < 1.29 is 14.3 Å². The van der Waals surface area contributed by atoms with Gasteiger partial charge in [0.25, 0.3) is 0 Å². The first-order valence-corrected chi connectivity index (χ1v) is 5.30. The fourth-order valence-corrected chi connectivity index (χ4v) is 1.21. The number of carbonyl (C=O) groups excluding carboxylic acids is 2. The van der Waals surface area contributed by atoms with Crippen molar-refractivity contribution >= 4 is 11.8 Å².